The fourth-order valence-electron chi connectivity index (χ4n) is 1.99. The van der Waals surface area contributed by atoms with Crippen LogP contribution >= 0.6 is 11.6 Å². The molecule has 0 saturated heterocycles. The molecule has 0 aliphatic rings. The van der Waals surface area contributed by atoms with Gasteiger partial charge < -0.3 is 15.0 Å². The Morgan fingerprint density at radius 1 is 1.35 bits per heavy atom. The Labute approximate surface area is 120 Å². The van der Waals surface area contributed by atoms with Gasteiger partial charge in [0.15, 0.2) is 0 Å². The average Bonchev–Trinajstić information content (AvgIpc) is 2.68. The number of carboxylic acid groups (broad SMARTS) is 1. The third kappa shape index (κ3) is 2.67. The number of aromatic nitrogens is 1. The summed E-state index contributed by atoms with van der Waals surface area (Å²) in [5.41, 5.74) is 1.29. The Morgan fingerprint density at radius 3 is 2.60 bits per heavy atom. The first-order chi connectivity index (χ1) is 9.40. The second-order valence-electron chi connectivity index (χ2n) is 4.41. The molecule has 1 aromatic heterocycles. The second kappa shape index (κ2) is 5.38. The van der Waals surface area contributed by atoms with Crippen LogP contribution in [0.5, 0.6) is 0 Å². The van der Waals surface area contributed by atoms with Crippen molar-refractivity contribution >= 4 is 29.2 Å². The first kappa shape index (κ1) is 14.1. The number of benzene rings is 1. The van der Waals surface area contributed by atoms with Crippen molar-refractivity contribution < 1.29 is 14.7 Å². The molecule has 20 heavy (non-hydrogen) atoms. The molecule has 5 nitrogen and oxygen atoms in total. The number of hydrogen-bond acceptors (Lipinski definition) is 2. The summed E-state index contributed by atoms with van der Waals surface area (Å²) in [5, 5.41) is 12.3. The van der Waals surface area contributed by atoms with Crippen LogP contribution in [0, 0.1) is 6.92 Å². The van der Waals surface area contributed by atoms with E-state index in [9.17, 15) is 14.7 Å². The summed E-state index contributed by atoms with van der Waals surface area (Å²) in [6.07, 6.45) is 1.60. The Morgan fingerprint density at radius 2 is 2.05 bits per heavy atom. The molecular weight excluding hydrogens is 280 g/mol. The molecule has 0 unspecified atom stereocenters. The predicted octanol–water partition coefficient (Wildman–Crippen LogP) is 2.94. The molecule has 6 heteroatoms. The van der Waals surface area contributed by atoms with E-state index in [-0.39, 0.29) is 11.3 Å². The van der Waals surface area contributed by atoms with E-state index in [4.69, 9.17) is 11.6 Å². The van der Waals surface area contributed by atoms with Gasteiger partial charge in [-0.1, -0.05) is 23.7 Å². The van der Waals surface area contributed by atoms with Crippen molar-refractivity contribution in [1.82, 2.24) is 4.57 Å². The molecule has 2 N–H and O–H groups in total. The minimum atomic E-state index is -1.08. The summed E-state index contributed by atoms with van der Waals surface area (Å²) >= 11 is 5.82. The third-order valence-corrected chi connectivity index (χ3v) is 3.15. The minimum absolute atomic E-state index is 0.0844. The van der Waals surface area contributed by atoms with Gasteiger partial charge in [0.25, 0.3) is 5.91 Å². The Bertz CT molecular complexity index is 692. The Balaban J connectivity index is 2.36. The number of carbonyl (C=O) groups is 2. The molecule has 104 valence electrons. The van der Waals surface area contributed by atoms with Crippen molar-refractivity contribution in [3.8, 4) is 0 Å². The van der Waals surface area contributed by atoms with Crippen molar-refractivity contribution in [2.45, 2.75) is 6.92 Å². The van der Waals surface area contributed by atoms with Crippen LogP contribution in [-0.2, 0) is 7.05 Å². The number of aryl methyl sites for hydroxylation is 2. The number of halogens is 1. The van der Waals surface area contributed by atoms with E-state index in [1.165, 1.54) is 6.07 Å². The molecule has 0 aliphatic carbocycles. The van der Waals surface area contributed by atoms with E-state index in [1.54, 1.807) is 42.9 Å². The number of carboxylic acids is 1. The lowest BCUT2D eigenvalue weighted by Crippen LogP contribution is -2.18. The standard InChI is InChI=1S/C14H13ClN2O3/c1-8-4-3-5-10(12(8)14(19)20)16-13(18)11-6-9(15)7-17(11)2/h3-7H,1-2H3,(H,16,18)(H,19,20). The van der Waals surface area contributed by atoms with E-state index >= 15 is 0 Å². The third-order valence-electron chi connectivity index (χ3n) is 2.94. The zero-order valence-electron chi connectivity index (χ0n) is 11.0. The maximum atomic E-state index is 12.2. The molecule has 0 atom stereocenters. The van der Waals surface area contributed by atoms with Crippen molar-refractivity contribution in [2.75, 3.05) is 5.32 Å². The van der Waals surface area contributed by atoms with Crippen molar-refractivity contribution in [2.24, 2.45) is 7.05 Å². The van der Waals surface area contributed by atoms with Gasteiger partial charge in [0.2, 0.25) is 0 Å². The van der Waals surface area contributed by atoms with Crippen molar-refractivity contribution in [3.05, 3.63) is 52.3 Å². The molecule has 1 amide bonds. The van der Waals surface area contributed by atoms with Crippen LogP contribution in [0.1, 0.15) is 26.4 Å². The minimum Gasteiger partial charge on any atom is -0.478 e. The van der Waals surface area contributed by atoms with Crippen molar-refractivity contribution in [3.63, 3.8) is 0 Å². The Hall–Kier alpha value is -2.27. The number of aromatic carboxylic acids is 1. The highest BCUT2D eigenvalue weighted by Crippen LogP contribution is 2.21. The smallest absolute Gasteiger partial charge is 0.338 e. The highest BCUT2D eigenvalue weighted by molar-refractivity contribution is 6.31. The van der Waals surface area contributed by atoms with Gasteiger partial charge in [-0.2, -0.15) is 0 Å². The van der Waals surface area contributed by atoms with Crippen LogP contribution in [0.4, 0.5) is 5.69 Å². The summed E-state index contributed by atoms with van der Waals surface area (Å²) in [7, 11) is 1.69. The van der Waals surface area contributed by atoms with Gasteiger partial charge in [0, 0.05) is 13.2 Å². The first-order valence-corrected chi connectivity index (χ1v) is 6.24. The monoisotopic (exact) mass is 292 g/mol. The largest absolute Gasteiger partial charge is 0.478 e. The molecule has 2 rings (SSSR count). The number of rotatable bonds is 3. The molecule has 0 bridgehead atoms. The van der Waals surface area contributed by atoms with E-state index in [1.807, 2.05) is 0 Å². The number of carbonyl (C=O) groups excluding carboxylic acids is 1. The van der Waals surface area contributed by atoms with E-state index < -0.39 is 11.9 Å². The fraction of sp³-hybridized carbons (Fsp3) is 0.143. The van der Waals surface area contributed by atoms with Gasteiger partial charge in [-0.05, 0) is 24.6 Å². The van der Waals surface area contributed by atoms with Gasteiger partial charge in [-0.15, -0.1) is 0 Å². The van der Waals surface area contributed by atoms with E-state index in [2.05, 4.69) is 5.32 Å². The summed E-state index contributed by atoms with van der Waals surface area (Å²) in [6.45, 7) is 1.68. The van der Waals surface area contributed by atoms with Crippen LogP contribution in [0.3, 0.4) is 0 Å². The fourth-order valence-corrected chi connectivity index (χ4v) is 2.24. The first-order valence-electron chi connectivity index (χ1n) is 5.86. The van der Waals surface area contributed by atoms with Gasteiger partial charge in [0.05, 0.1) is 16.3 Å². The quantitative estimate of drug-likeness (QED) is 0.913. The summed E-state index contributed by atoms with van der Waals surface area (Å²) in [6, 6.07) is 6.44. The molecule has 0 aliphatic heterocycles. The van der Waals surface area contributed by atoms with Crippen molar-refractivity contribution in [1.29, 1.82) is 0 Å². The lowest BCUT2D eigenvalue weighted by atomic mass is 10.1. The molecule has 1 heterocycles. The van der Waals surface area contributed by atoms with Crippen LogP contribution < -0.4 is 5.32 Å². The average molecular weight is 293 g/mol. The van der Waals surface area contributed by atoms with E-state index in [0.717, 1.165) is 0 Å². The maximum absolute atomic E-state index is 12.2. The lowest BCUT2D eigenvalue weighted by molar-refractivity contribution is 0.0697. The van der Waals surface area contributed by atoms with Gasteiger partial charge >= 0.3 is 5.97 Å². The molecule has 0 fully saturated rings. The zero-order chi connectivity index (χ0) is 14.9. The predicted molar refractivity (Wildman–Crippen MR) is 76.5 cm³/mol. The number of hydrogen-bond donors (Lipinski definition) is 2. The van der Waals surface area contributed by atoms with Crippen LogP contribution in [-0.4, -0.2) is 21.6 Å². The SMILES string of the molecule is Cc1cccc(NC(=O)c2cc(Cl)cn2C)c1C(=O)O. The van der Waals surface area contributed by atoms with Gasteiger partial charge in [-0.25, -0.2) is 4.79 Å². The Kier molecular flexibility index (Phi) is 3.81. The summed E-state index contributed by atoms with van der Waals surface area (Å²) < 4.78 is 1.58. The van der Waals surface area contributed by atoms with Crippen LogP contribution in [0.25, 0.3) is 0 Å². The maximum Gasteiger partial charge on any atom is 0.338 e. The number of anilines is 1. The number of amides is 1. The normalized spacial score (nSPS) is 10.3. The number of nitrogens with one attached hydrogen (secondary N) is 1. The molecule has 1 aromatic carbocycles. The molecule has 0 spiro atoms. The highest BCUT2D eigenvalue weighted by atomic mass is 35.5. The number of nitrogens with zero attached hydrogens (tertiary/aromatic N) is 1. The van der Waals surface area contributed by atoms with E-state index in [0.29, 0.717) is 16.3 Å². The molecular formula is C14H13ClN2O3. The van der Waals surface area contributed by atoms with Gasteiger partial charge in [0.1, 0.15) is 5.69 Å². The molecule has 0 radical (unpaired) electrons. The topological polar surface area (TPSA) is 71.3 Å². The molecule has 0 saturated carbocycles. The molecule has 2 aromatic rings. The highest BCUT2D eigenvalue weighted by Gasteiger charge is 2.17. The lowest BCUT2D eigenvalue weighted by Gasteiger charge is -2.10. The van der Waals surface area contributed by atoms with Gasteiger partial charge in [-0.3, -0.25) is 4.79 Å². The zero-order valence-corrected chi connectivity index (χ0v) is 11.7. The van der Waals surface area contributed by atoms with Crippen LogP contribution in [0.15, 0.2) is 30.5 Å². The van der Waals surface area contributed by atoms with Crippen LogP contribution in [0.2, 0.25) is 5.02 Å². The summed E-state index contributed by atoms with van der Waals surface area (Å²) in [4.78, 5) is 23.4. The second-order valence-corrected chi connectivity index (χ2v) is 4.85. The summed E-state index contributed by atoms with van der Waals surface area (Å²) in [5.74, 6) is -1.49.